The van der Waals surface area contributed by atoms with E-state index >= 15 is 0 Å². The number of aryl methyl sites for hydroxylation is 1. The van der Waals surface area contributed by atoms with Gasteiger partial charge in [0.15, 0.2) is 18.1 Å². The largest absolute Gasteiger partial charge is 0.493 e. The quantitative estimate of drug-likeness (QED) is 0.854. The minimum Gasteiger partial charge on any atom is -0.493 e. The molecule has 120 valence electrons. The van der Waals surface area contributed by atoms with Crippen molar-refractivity contribution in [2.24, 2.45) is 5.73 Å². The van der Waals surface area contributed by atoms with Crippen LogP contribution in [0.25, 0.3) is 0 Å². The third kappa shape index (κ3) is 4.23. The van der Waals surface area contributed by atoms with Crippen LogP contribution in [0.1, 0.15) is 15.9 Å². The highest BCUT2D eigenvalue weighted by Crippen LogP contribution is 2.30. The summed E-state index contributed by atoms with van der Waals surface area (Å²) in [5.41, 5.74) is 7.23. The number of carbonyl (C=O) groups excluding carboxylic acids is 2. The molecule has 0 aliphatic heterocycles. The summed E-state index contributed by atoms with van der Waals surface area (Å²) in [6.45, 7) is 1.69. The third-order valence-electron chi connectivity index (χ3n) is 3.15. The summed E-state index contributed by atoms with van der Waals surface area (Å²) in [5, 5.41) is 2.70. The van der Waals surface area contributed by atoms with Gasteiger partial charge in [-0.25, -0.2) is 0 Å². The molecule has 2 amide bonds. The fraction of sp³-hybridized carbons (Fsp3) is 0.176. The molecule has 2 aromatic rings. The molecule has 0 aliphatic rings. The van der Waals surface area contributed by atoms with Crippen molar-refractivity contribution in [3.8, 4) is 11.5 Å². The second-order valence-corrected chi connectivity index (χ2v) is 4.90. The van der Waals surface area contributed by atoms with Crippen LogP contribution in [0, 0.1) is 6.92 Å². The van der Waals surface area contributed by atoms with Crippen LogP contribution < -0.4 is 20.5 Å². The van der Waals surface area contributed by atoms with Crippen molar-refractivity contribution in [3.05, 3.63) is 53.6 Å². The van der Waals surface area contributed by atoms with Crippen molar-refractivity contribution in [1.82, 2.24) is 0 Å². The number of carbonyl (C=O) groups is 2. The van der Waals surface area contributed by atoms with Crippen LogP contribution in [-0.4, -0.2) is 25.5 Å². The lowest BCUT2D eigenvalue weighted by molar-refractivity contribution is -0.118. The molecule has 23 heavy (non-hydrogen) atoms. The Labute approximate surface area is 134 Å². The SMILES string of the molecule is COc1cccc(C(N)=O)c1OCC(=O)Nc1ccc(C)cc1. The van der Waals surface area contributed by atoms with E-state index in [1.165, 1.54) is 13.2 Å². The predicted octanol–water partition coefficient (Wildman–Crippen LogP) is 2.12. The van der Waals surface area contributed by atoms with Gasteiger partial charge in [-0.05, 0) is 31.2 Å². The molecule has 0 saturated heterocycles. The molecule has 2 aromatic carbocycles. The van der Waals surface area contributed by atoms with Gasteiger partial charge >= 0.3 is 0 Å². The van der Waals surface area contributed by atoms with E-state index in [1.54, 1.807) is 24.3 Å². The molecule has 0 spiro atoms. The molecule has 6 nitrogen and oxygen atoms in total. The first-order valence-electron chi connectivity index (χ1n) is 6.97. The van der Waals surface area contributed by atoms with Gasteiger partial charge in [0.2, 0.25) is 0 Å². The van der Waals surface area contributed by atoms with E-state index < -0.39 is 5.91 Å². The topological polar surface area (TPSA) is 90.7 Å². The highest BCUT2D eigenvalue weighted by Gasteiger charge is 2.16. The number of ether oxygens (including phenoxy) is 2. The normalized spacial score (nSPS) is 10.0. The number of anilines is 1. The van der Waals surface area contributed by atoms with E-state index in [2.05, 4.69) is 5.32 Å². The molecule has 2 rings (SSSR count). The number of benzene rings is 2. The van der Waals surface area contributed by atoms with E-state index in [-0.39, 0.29) is 23.8 Å². The van der Waals surface area contributed by atoms with Crippen molar-refractivity contribution < 1.29 is 19.1 Å². The Kier molecular flexibility index (Phi) is 5.19. The van der Waals surface area contributed by atoms with Crippen molar-refractivity contribution >= 4 is 17.5 Å². The summed E-state index contributed by atoms with van der Waals surface area (Å²) in [7, 11) is 1.44. The molecule has 0 aliphatic carbocycles. The number of amides is 2. The van der Waals surface area contributed by atoms with Gasteiger partial charge in [0, 0.05) is 5.69 Å². The number of nitrogens with one attached hydrogen (secondary N) is 1. The van der Waals surface area contributed by atoms with Crippen LogP contribution in [0.2, 0.25) is 0 Å². The zero-order valence-corrected chi connectivity index (χ0v) is 13.0. The Bertz CT molecular complexity index is 711. The van der Waals surface area contributed by atoms with Crippen LogP contribution in [-0.2, 0) is 4.79 Å². The molecule has 0 bridgehead atoms. The fourth-order valence-electron chi connectivity index (χ4n) is 1.99. The average Bonchev–Trinajstić information content (AvgIpc) is 2.54. The number of hydrogen-bond donors (Lipinski definition) is 2. The maximum atomic E-state index is 12.0. The van der Waals surface area contributed by atoms with E-state index in [4.69, 9.17) is 15.2 Å². The van der Waals surface area contributed by atoms with E-state index in [1.807, 2.05) is 19.1 Å². The lowest BCUT2D eigenvalue weighted by Crippen LogP contribution is -2.22. The second kappa shape index (κ2) is 7.31. The van der Waals surface area contributed by atoms with Gasteiger partial charge in [-0.1, -0.05) is 23.8 Å². The molecule has 6 heteroatoms. The molecule has 3 N–H and O–H groups in total. The molecule has 0 saturated carbocycles. The van der Waals surface area contributed by atoms with Crippen LogP contribution in [0.4, 0.5) is 5.69 Å². The Balaban J connectivity index is 2.06. The first-order valence-corrected chi connectivity index (χ1v) is 6.97. The Morgan fingerprint density at radius 3 is 2.43 bits per heavy atom. The van der Waals surface area contributed by atoms with E-state index in [9.17, 15) is 9.59 Å². The smallest absolute Gasteiger partial charge is 0.262 e. The molecule has 0 fully saturated rings. The van der Waals surface area contributed by atoms with E-state index in [0.717, 1.165) is 5.56 Å². The lowest BCUT2D eigenvalue weighted by atomic mass is 10.2. The highest BCUT2D eigenvalue weighted by atomic mass is 16.5. The minimum absolute atomic E-state index is 0.154. The van der Waals surface area contributed by atoms with Crippen LogP contribution in [0.5, 0.6) is 11.5 Å². The number of methoxy groups -OCH3 is 1. The van der Waals surface area contributed by atoms with Crippen molar-refractivity contribution in [2.45, 2.75) is 6.92 Å². The van der Waals surface area contributed by atoms with Gasteiger partial charge in [-0.3, -0.25) is 9.59 Å². The molecule has 0 radical (unpaired) electrons. The molecule has 0 atom stereocenters. The monoisotopic (exact) mass is 314 g/mol. The number of nitrogens with two attached hydrogens (primary N) is 1. The van der Waals surface area contributed by atoms with Crippen LogP contribution in [0.15, 0.2) is 42.5 Å². The summed E-state index contributed by atoms with van der Waals surface area (Å²) in [5.74, 6) is -0.515. The summed E-state index contributed by atoms with van der Waals surface area (Å²) in [6, 6.07) is 12.1. The van der Waals surface area contributed by atoms with Crippen LogP contribution >= 0.6 is 0 Å². The Morgan fingerprint density at radius 2 is 1.83 bits per heavy atom. The van der Waals surface area contributed by atoms with Crippen molar-refractivity contribution in [2.75, 3.05) is 19.0 Å². The number of para-hydroxylation sites is 1. The average molecular weight is 314 g/mol. The first-order chi connectivity index (χ1) is 11.0. The van der Waals surface area contributed by atoms with Crippen molar-refractivity contribution in [1.29, 1.82) is 0 Å². The minimum atomic E-state index is -0.655. The predicted molar refractivity (Wildman–Crippen MR) is 86.8 cm³/mol. The third-order valence-corrected chi connectivity index (χ3v) is 3.15. The summed E-state index contributed by atoms with van der Waals surface area (Å²) < 4.78 is 10.6. The molecule has 0 aromatic heterocycles. The maximum Gasteiger partial charge on any atom is 0.262 e. The van der Waals surface area contributed by atoms with Gasteiger partial charge in [0.05, 0.1) is 12.7 Å². The standard InChI is InChI=1S/C17H18N2O4/c1-11-6-8-12(9-7-11)19-15(20)10-23-16-13(17(18)21)4-3-5-14(16)22-2/h3-9H,10H2,1-2H3,(H2,18,21)(H,19,20). The number of rotatable bonds is 6. The Hall–Kier alpha value is -3.02. The highest BCUT2D eigenvalue weighted by molar-refractivity contribution is 5.97. The second-order valence-electron chi connectivity index (χ2n) is 4.90. The van der Waals surface area contributed by atoms with Gasteiger partial charge in [0.1, 0.15) is 0 Å². The van der Waals surface area contributed by atoms with Gasteiger partial charge in [-0.2, -0.15) is 0 Å². The Morgan fingerprint density at radius 1 is 1.13 bits per heavy atom. The van der Waals surface area contributed by atoms with Gasteiger partial charge < -0.3 is 20.5 Å². The summed E-state index contributed by atoms with van der Waals surface area (Å²) in [4.78, 5) is 23.4. The molecular weight excluding hydrogens is 296 g/mol. The number of primary amides is 1. The zero-order chi connectivity index (χ0) is 16.8. The lowest BCUT2D eigenvalue weighted by Gasteiger charge is -2.13. The molecule has 0 heterocycles. The molecule has 0 unspecified atom stereocenters. The molecular formula is C17H18N2O4. The van der Waals surface area contributed by atoms with Crippen LogP contribution in [0.3, 0.4) is 0 Å². The fourth-order valence-corrected chi connectivity index (χ4v) is 1.99. The first kappa shape index (κ1) is 16.4. The zero-order valence-electron chi connectivity index (χ0n) is 13.0. The van der Waals surface area contributed by atoms with E-state index in [0.29, 0.717) is 11.4 Å². The summed E-state index contributed by atoms with van der Waals surface area (Å²) >= 11 is 0. The van der Waals surface area contributed by atoms with Gasteiger partial charge in [0.25, 0.3) is 11.8 Å². The maximum absolute atomic E-state index is 12.0. The summed E-state index contributed by atoms with van der Waals surface area (Å²) in [6.07, 6.45) is 0. The van der Waals surface area contributed by atoms with Gasteiger partial charge in [-0.15, -0.1) is 0 Å². The number of hydrogen-bond acceptors (Lipinski definition) is 4. The van der Waals surface area contributed by atoms with Crippen molar-refractivity contribution in [3.63, 3.8) is 0 Å².